The third-order valence-electron chi connectivity index (χ3n) is 3.59. The van der Waals surface area contributed by atoms with E-state index in [1.54, 1.807) is 0 Å². The average molecular weight is 285 g/mol. The van der Waals surface area contributed by atoms with E-state index in [-0.39, 0.29) is 5.91 Å². The van der Waals surface area contributed by atoms with Gasteiger partial charge >= 0.3 is 0 Å². The van der Waals surface area contributed by atoms with Gasteiger partial charge in [0.25, 0.3) is 0 Å². The first-order chi connectivity index (χ1) is 10.2. The maximum Gasteiger partial charge on any atom is 0.238 e. The number of carbonyl (C=O) groups excluding carboxylic acids is 1. The van der Waals surface area contributed by atoms with Gasteiger partial charge in [0, 0.05) is 24.2 Å². The van der Waals surface area contributed by atoms with Crippen LogP contribution in [0.3, 0.4) is 0 Å². The molecule has 1 aromatic heterocycles. The molecule has 0 bridgehead atoms. The number of aryl methyl sites for hydroxylation is 1. The fraction of sp³-hybridized carbons (Fsp3) is 0.375. The molecular formula is C16H19N3O2. The molecule has 0 spiro atoms. The molecule has 2 heterocycles. The number of hydrogen-bond acceptors (Lipinski definition) is 4. The van der Waals surface area contributed by atoms with Crippen molar-refractivity contribution in [3.8, 4) is 0 Å². The summed E-state index contributed by atoms with van der Waals surface area (Å²) in [5, 5.41) is 3.98. The number of morpholine rings is 1. The summed E-state index contributed by atoms with van der Waals surface area (Å²) in [5.74, 6) is 0.00709. The molecule has 1 saturated heterocycles. The monoisotopic (exact) mass is 285 g/mol. The molecule has 0 radical (unpaired) electrons. The van der Waals surface area contributed by atoms with Crippen molar-refractivity contribution in [2.45, 2.75) is 6.92 Å². The minimum atomic E-state index is 0.00709. The predicted octanol–water partition coefficient (Wildman–Crippen LogP) is 1.81. The molecule has 1 N–H and O–H groups in total. The molecule has 1 amide bonds. The molecule has 1 aromatic carbocycles. The second kappa shape index (κ2) is 6.20. The highest BCUT2D eigenvalue weighted by Gasteiger charge is 2.15. The summed E-state index contributed by atoms with van der Waals surface area (Å²) in [6.07, 6.45) is 0. The summed E-state index contributed by atoms with van der Waals surface area (Å²) in [6, 6.07) is 9.76. The first-order valence-electron chi connectivity index (χ1n) is 7.19. The van der Waals surface area contributed by atoms with Crippen LogP contribution < -0.4 is 5.32 Å². The number of ether oxygens (including phenoxy) is 1. The van der Waals surface area contributed by atoms with Crippen LogP contribution in [0, 0.1) is 6.92 Å². The van der Waals surface area contributed by atoms with Crippen LogP contribution in [0.5, 0.6) is 0 Å². The quantitative estimate of drug-likeness (QED) is 0.934. The van der Waals surface area contributed by atoms with Crippen LogP contribution in [0.2, 0.25) is 0 Å². The number of benzene rings is 1. The van der Waals surface area contributed by atoms with Gasteiger partial charge in [0.1, 0.15) is 0 Å². The Morgan fingerprint density at radius 3 is 2.90 bits per heavy atom. The van der Waals surface area contributed by atoms with Crippen LogP contribution in [0.15, 0.2) is 30.3 Å². The van der Waals surface area contributed by atoms with E-state index in [9.17, 15) is 4.79 Å². The fourth-order valence-corrected chi connectivity index (χ4v) is 2.56. The number of nitrogens with zero attached hydrogens (tertiary/aromatic N) is 2. The molecule has 0 unspecified atom stereocenters. The van der Waals surface area contributed by atoms with Gasteiger partial charge in [0.05, 0.1) is 31.0 Å². The third-order valence-corrected chi connectivity index (χ3v) is 3.59. The molecule has 21 heavy (non-hydrogen) atoms. The van der Waals surface area contributed by atoms with Crippen molar-refractivity contribution in [1.29, 1.82) is 0 Å². The fourth-order valence-electron chi connectivity index (χ4n) is 2.56. The van der Waals surface area contributed by atoms with Crippen LogP contribution in [0.1, 0.15) is 5.69 Å². The highest BCUT2D eigenvalue weighted by atomic mass is 16.5. The van der Waals surface area contributed by atoms with Crippen molar-refractivity contribution in [3.05, 3.63) is 36.0 Å². The summed E-state index contributed by atoms with van der Waals surface area (Å²) in [5.41, 5.74) is 2.63. The van der Waals surface area contributed by atoms with Crippen molar-refractivity contribution in [1.82, 2.24) is 9.88 Å². The molecule has 2 aromatic rings. The molecule has 0 aliphatic carbocycles. The lowest BCUT2D eigenvalue weighted by atomic mass is 10.1. The minimum Gasteiger partial charge on any atom is -0.379 e. The standard InChI is InChI=1S/C16H19N3O2/c1-12-10-15(13-4-2-3-5-14(13)17-12)18-16(20)11-19-6-8-21-9-7-19/h2-5,10H,6-9,11H2,1H3,(H,17,18,20). The van der Waals surface area contributed by atoms with Crippen LogP contribution in [-0.4, -0.2) is 48.6 Å². The highest BCUT2D eigenvalue weighted by Crippen LogP contribution is 2.22. The van der Waals surface area contributed by atoms with Gasteiger partial charge < -0.3 is 10.1 Å². The number of rotatable bonds is 3. The van der Waals surface area contributed by atoms with Crippen molar-refractivity contribution in [2.24, 2.45) is 0 Å². The number of amides is 1. The summed E-state index contributed by atoms with van der Waals surface area (Å²) >= 11 is 0. The van der Waals surface area contributed by atoms with E-state index in [1.165, 1.54) is 0 Å². The first-order valence-corrected chi connectivity index (χ1v) is 7.19. The number of nitrogens with one attached hydrogen (secondary N) is 1. The summed E-state index contributed by atoms with van der Waals surface area (Å²) in [7, 11) is 0. The Morgan fingerprint density at radius 2 is 2.10 bits per heavy atom. The Hall–Kier alpha value is -1.98. The lowest BCUT2D eigenvalue weighted by Crippen LogP contribution is -2.41. The smallest absolute Gasteiger partial charge is 0.238 e. The van der Waals surface area contributed by atoms with Gasteiger partial charge in [0.15, 0.2) is 0 Å². The molecular weight excluding hydrogens is 266 g/mol. The summed E-state index contributed by atoms with van der Waals surface area (Å²) < 4.78 is 5.29. The number of aromatic nitrogens is 1. The molecule has 5 heteroatoms. The van der Waals surface area contributed by atoms with E-state index >= 15 is 0 Å². The largest absolute Gasteiger partial charge is 0.379 e. The van der Waals surface area contributed by atoms with Crippen LogP contribution in [0.25, 0.3) is 10.9 Å². The van der Waals surface area contributed by atoms with E-state index in [0.29, 0.717) is 19.8 Å². The molecule has 1 aliphatic rings. The van der Waals surface area contributed by atoms with E-state index in [0.717, 1.165) is 35.4 Å². The van der Waals surface area contributed by atoms with Gasteiger partial charge in [-0.05, 0) is 19.1 Å². The number of para-hydroxylation sites is 1. The van der Waals surface area contributed by atoms with E-state index in [2.05, 4.69) is 15.2 Å². The molecule has 5 nitrogen and oxygen atoms in total. The number of carbonyl (C=O) groups is 1. The Labute approximate surface area is 123 Å². The molecule has 3 rings (SSSR count). The maximum absolute atomic E-state index is 12.2. The lowest BCUT2D eigenvalue weighted by Gasteiger charge is -2.25. The lowest BCUT2D eigenvalue weighted by molar-refractivity contribution is -0.118. The van der Waals surface area contributed by atoms with Crippen molar-refractivity contribution < 1.29 is 9.53 Å². The number of anilines is 1. The van der Waals surface area contributed by atoms with Gasteiger partial charge in [-0.1, -0.05) is 18.2 Å². The van der Waals surface area contributed by atoms with E-state index in [1.807, 2.05) is 37.3 Å². The van der Waals surface area contributed by atoms with Gasteiger partial charge in [0.2, 0.25) is 5.91 Å². The number of hydrogen-bond donors (Lipinski definition) is 1. The zero-order valence-electron chi connectivity index (χ0n) is 12.1. The molecule has 1 aliphatic heterocycles. The van der Waals surface area contributed by atoms with Crippen molar-refractivity contribution in [3.63, 3.8) is 0 Å². The Balaban J connectivity index is 1.76. The maximum atomic E-state index is 12.2. The molecule has 0 saturated carbocycles. The Morgan fingerprint density at radius 1 is 1.33 bits per heavy atom. The zero-order valence-corrected chi connectivity index (χ0v) is 12.1. The summed E-state index contributed by atoms with van der Waals surface area (Å²) in [6.45, 7) is 5.35. The van der Waals surface area contributed by atoms with E-state index < -0.39 is 0 Å². The van der Waals surface area contributed by atoms with Gasteiger partial charge in [-0.2, -0.15) is 0 Å². The second-order valence-electron chi connectivity index (χ2n) is 5.27. The van der Waals surface area contributed by atoms with Crippen LogP contribution >= 0.6 is 0 Å². The number of fused-ring (bicyclic) bond motifs is 1. The third kappa shape index (κ3) is 3.37. The van der Waals surface area contributed by atoms with Crippen molar-refractivity contribution in [2.75, 3.05) is 38.2 Å². The topological polar surface area (TPSA) is 54.5 Å². The second-order valence-corrected chi connectivity index (χ2v) is 5.27. The first kappa shape index (κ1) is 14.0. The van der Waals surface area contributed by atoms with Crippen molar-refractivity contribution >= 4 is 22.5 Å². The van der Waals surface area contributed by atoms with Gasteiger partial charge in [-0.15, -0.1) is 0 Å². The average Bonchev–Trinajstić information content (AvgIpc) is 2.48. The molecule has 1 fully saturated rings. The van der Waals surface area contributed by atoms with Gasteiger partial charge in [-0.25, -0.2) is 0 Å². The predicted molar refractivity (Wildman–Crippen MR) is 82.4 cm³/mol. The Kier molecular flexibility index (Phi) is 4.13. The minimum absolute atomic E-state index is 0.00709. The Bertz CT molecular complexity index is 651. The van der Waals surface area contributed by atoms with E-state index in [4.69, 9.17) is 4.74 Å². The van der Waals surface area contributed by atoms with Gasteiger partial charge in [-0.3, -0.25) is 14.7 Å². The normalized spacial score (nSPS) is 16.0. The van der Waals surface area contributed by atoms with Crippen LogP contribution in [0.4, 0.5) is 5.69 Å². The molecule has 110 valence electrons. The number of pyridine rings is 1. The zero-order chi connectivity index (χ0) is 14.7. The summed E-state index contributed by atoms with van der Waals surface area (Å²) in [4.78, 5) is 18.8. The molecule has 0 atom stereocenters. The SMILES string of the molecule is Cc1cc(NC(=O)CN2CCOCC2)c2ccccc2n1. The van der Waals surface area contributed by atoms with Crippen LogP contribution in [-0.2, 0) is 9.53 Å². The highest BCUT2D eigenvalue weighted by molar-refractivity contribution is 6.01.